The standard InChI is InChI=1S/C21H20N2O3/c1-13-17(14-6-2-4-8-18(14)22-13)12-20(24)23-11-10-16(21(25)26)15-7-3-5-9-19(15)23/h2-9,16,22H,10-12H2,1H3,(H,25,26). The lowest BCUT2D eigenvalue weighted by Gasteiger charge is -2.32. The molecule has 1 aliphatic heterocycles. The van der Waals surface area contributed by atoms with E-state index >= 15 is 0 Å². The van der Waals surface area contributed by atoms with Gasteiger partial charge in [0, 0.05) is 28.8 Å². The van der Waals surface area contributed by atoms with Crippen LogP contribution in [0.3, 0.4) is 0 Å². The van der Waals surface area contributed by atoms with Crippen LogP contribution in [0, 0.1) is 6.92 Å². The molecule has 2 N–H and O–H groups in total. The number of anilines is 1. The molecule has 1 atom stereocenters. The molecule has 0 spiro atoms. The molecule has 0 saturated heterocycles. The second-order valence-corrected chi connectivity index (χ2v) is 6.73. The SMILES string of the molecule is Cc1[nH]c2ccccc2c1CC(=O)N1CCC(C(=O)O)c2ccccc21. The Labute approximate surface area is 151 Å². The number of carboxylic acids is 1. The Kier molecular flexibility index (Phi) is 3.99. The number of aromatic amines is 1. The lowest BCUT2D eigenvalue weighted by molar-refractivity contribution is -0.139. The summed E-state index contributed by atoms with van der Waals surface area (Å²) in [4.78, 5) is 29.7. The molecule has 5 heteroatoms. The van der Waals surface area contributed by atoms with E-state index in [0.29, 0.717) is 25.1 Å². The summed E-state index contributed by atoms with van der Waals surface area (Å²) in [6.45, 7) is 2.40. The second kappa shape index (κ2) is 6.33. The van der Waals surface area contributed by atoms with Crippen molar-refractivity contribution in [2.24, 2.45) is 0 Å². The molecule has 1 aliphatic rings. The first-order valence-corrected chi connectivity index (χ1v) is 8.74. The molecule has 26 heavy (non-hydrogen) atoms. The molecule has 1 aromatic heterocycles. The number of para-hydroxylation sites is 2. The molecule has 5 nitrogen and oxygen atoms in total. The average Bonchev–Trinajstić information content (AvgIpc) is 2.96. The summed E-state index contributed by atoms with van der Waals surface area (Å²) in [6, 6.07) is 15.3. The summed E-state index contributed by atoms with van der Waals surface area (Å²) in [5.41, 5.74) is 4.46. The van der Waals surface area contributed by atoms with Crippen LogP contribution in [0.25, 0.3) is 10.9 Å². The van der Waals surface area contributed by atoms with Gasteiger partial charge >= 0.3 is 5.97 Å². The van der Waals surface area contributed by atoms with Gasteiger partial charge in [0.25, 0.3) is 0 Å². The van der Waals surface area contributed by atoms with Crippen LogP contribution in [0.1, 0.15) is 29.2 Å². The summed E-state index contributed by atoms with van der Waals surface area (Å²) >= 11 is 0. The van der Waals surface area contributed by atoms with Gasteiger partial charge in [-0.3, -0.25) is 9.59 Å². The van der Waals surface area contributed by atoms with E-state index in [4.69, 9.17) is 0 Å². The van der Waals surface area contributed by atoms with Crippen molar-refractivity contribution < 1.29 is 14.7 Å². The van der Waals surface area contributed by atoms with Crippen molar-refractivity contribution in [2.75, 3.05) is 11.4 Å². The third-order valence-corrected chi connectivity index (χ3v) is 5.20. The van der Waals surface area contributed by atoms with Crippen molar-refractivity contribution in [2.45, 2.75) is 25.7 Å². The molecule has 2 aromatic carbocycles. The zero-order valence-corrected chi connectivity index (χ0v) is 14.5. The maximum Gasteiger partial charge on any atom is 0.311 e. The predicted molar refractivity (Wildman–Crippen MR) is 101 cm³/mol. The number of carboxylic acid groups (broad SMARTS) is 1. The van der Waals surface area contributed by atoms with E-state index in [1.54, 1.807) is 4.90 Å². The number of aliphatic carboxylic acids is 1. The summed E-state index contributed by atoms with van der Waals surface area (Å²) in [5.74, 6) is -1.39. The van der Waals surface area contributed by atoms with E-state index in [9.17, 15) is 14.7 Å². The summed E-state index contributed by atoms with van der Waals surface area (Å²) in [5, 5.41) is 10.5. The molecule has 4 rings (SSSR count). The number of aryl methyl sites for hydroxylation is 1. The Morgan fingerprint density at radius 3 is 2.69 bits per heavy atom. The minimum Gasteiger partial charge on any atom is -0.481 e. The molecule has 2 heterocycles. The highest BCUT2D eigenvalue weighted by Crippen LogP contribution is 2.36. The normalized spacial score (nSPS) is 16.5. The zero-order chi connectivity index (χ0) is 18.3. The quantitative estimate of drug-likeness (QED) is 0.759. The molecular weight excluding hydrogens is 328 g/mol. The van der Waals surface area contributed by atoms with Crippen molar-refractivity contribution in [3.8, 4) is 0 Å². The largest absolute Gasteiger partial charge is 0.481 e. The lowest BCUT2D eigenvalue weighted by atomic mass is 9.89. The van der Waals surface area contributed by atoms with Gasteiger partial charge in [-0.05, 0) is 36.6 Å². The minimum atomic E-state index is -0.836. The van der Waals surface area contributed by atoms with Gasteiger partial charge in [0.05, 0.1) is 12.3 Å². The van der Waals surface area contributed by atoms with Crippen LogP contribution in [0.2, 0.25) is 0 Å². The van der Waals surface area contributed by atoms with Crippen LogP contribution in [0.15, 0.2) is 48.5 Å². The number of aromatic nitrogens is 1. The topological polar surface area (TPSA) is 73.4 Å². The number of hydrogen-bond acceptors (Lipinski definition) is 2. The smallest absolute Gasteiger partial charge is 0.311 e. The molecule has 0 aliphatic carbocycles. The lowest BCUT2D eigenvalue weighted by Crippen LogP contribution is -2.39. The molecule has 1 amide bonds. The van der Waals surface area contributed by atoms with Crippen molar-refractivity contribution in [1.82, 2.24) is 4.98 Å². The van der Waals surface area contributed by atoms with Crippen LogP contribution >= 0.6 is 0 Å². The fourth-order valence-corrected chi connectivity index (χ4v) is 3.89. The Morgan fingerprint density at radius 1 is 1.15 bits per heavy atom. The first kappa shape index (κ1) is 16.4. The maximum atomic E-state index is 13.1. The van der Waals surface area contributed by atoms with Crippen molar-refractivity contribution in [1.29, 1.82) is 0 Å². The Morgan fingerprint density at radius 2 is 1.88 bits per heavy atom. The van der Waals surface area contributed by atoms with Crippen LogP contribution in [0.5, 0.6) is 0 Å². The van der Waals surface area contributed by atoms with E-state index in [1.807, 2.05) is 55.5 Å². The predicted octanol–water partition coefficient (Wildman–Crippen LogP) is 3.62. The first-order chi connectivity index (χ1) is 12.6. The molecular formula is C21H20N2O3. The minimum absolute atomic E-state index is 0.00542. The maximum absolute atomic E-state index is 13.1. The van der Waals surface area contributed by atoms with Gasteiger partial charge in [0.1, 0.15) is 0 Å². The van der Waals surface area contributed by atoms with Crippen LogP contribution < -0.4 is 4.90 Å². The second-order valence-electron chi connectivity index (χ2n) is 6.73. The molecule has 0 fully saturated rings. The van der Waals surface area contributed by atoms with Crippen LogP contribution in [0.4, 0.5) is 5.69 Å². The molecule has 132 valence electrons. The van der Waals surface area contributed by atoms with Crippen LogP contribution in [-0.2, 0) is 16.0 Å². The zero-order valence-electron chi connectivity index (χ0n) is 14.5. The number of nitrogens with one attached hydrogen (secondary N) is 1. The van der Waals surface area contributed by atoms with Gasteiger partial charge in [0.2, 0.25) is 5.91 Å². The van der Waals surface area contributed by atoms with E-state index in [2.05, 4.69) is 4.98 Å². The highest BCUT2D eigenvalue weighted by atomic mass is 16.4. The number of H-pyrrole nitrogens is 1. The van der Waals surface area contributed by atoms with Crippen molar-refractivity contribution >= 4 is 28.5 Å². The summed E-state index contributed by atoms with van der Waals surface area (Å²) in [7, 11) is 0. The number of benzene rings is 2. The number of carbonyl (C=O) groups excluding carboxylic acids is 1. The van der Waals surface area contributed by atoms with E-state index < -0.39 is 11.9 Å². The van der Waals surface area contributed by atoms with Crippen LogP contribution in [-0.4, -0.2) is 28.5 Å². The van der Waals surface area contributed by atoms with E-state index in [1.165, 1.54) is 0 Å². The monoisotopic (exact) mass is 348 g/mol. The molecule has 0 radical (unpaired) electrons. The fraction of sp³-hybridized carbons (Fsp3) is 0.238. The number of carbonyl (C=O) groups is 2. The Bertz CT molecular complexity index is 1010. The number of amides is 1. The van der Waals surface area contributed by atoms with Gasteiger partial charge < -0.3 is 15.0 Å². The van der Waals surface area contributed by atoms with E-state index in [0.717, 1.165) is 27.7 Å². The third-order valence-electron chi connectivity index (χ3n) is 5.20. The number of nitrogens with zero attached hydrogens (tertiary/aromatic N) is 1. The highest BCUT2D eigenvalue weighted by Gasteiger charge is 2.32. The summed E-state index contributed by atoms with van der Waals surface area (Å²) in [6.07, 6.45) is 0.729. The number of fused-ring (bicyclic) bond motifs is 2. The summed E-state index contributed by atoms with van der Waals surface area (Å²) < 4.78 is 0. The van der Waals surface area contributed by atoms with Crippen molar-refractivity contribution in [3.05, 3.63) is 65.4 Å². The van der Waals surface area contributed by atoms with Gasteiger partial charge in [0.15, 0.2) is 0 Å². The molecule has 0 saturated carbocycles. The van der Waals surface area contributed by atoms with Gasteiger partial charge in [-0.25, -0.2) is 0 Å². The van der Waals surface area contributed by atoms with Gasteiger partial charge in [-0.1, -0.05) is 36.4 Å². The van der Waals surface area contributed by atoms with Gasteiger partial charge in [-0.15, -0.1) is 0 Å². The highest BCUT2D eigenvalue weighted by molar-refractivity contribution is 6.00. The molecule has 3 aromatic rings. The first-order valence-electron chi connectivity index (χ1n) is 8.74. The van der Waals surface area contributed by atoms with Crippen molar-refractivity contribution in [3.63, 3.8) is 0 Å². The fourth-order valence-electron chi connectivity index (χ4n) is 3.89. The third kappa shape index (κ3) is 2.65. The molecule has 1 unspecified atom stereocenters. The van der Waals surface area contributed by atoms with E-state index in [-0.39, 0.29) is 5.91 Å². The Hall–Kier alpha value is -3.08. The number of rotatable bonds is 3. The average molecular weight is 348 g/mol. The molecule has 0 bridgehead atoms. The Balaban J connectivity index is 1.67. The van der Waals surface area contributed by atoms with Gasteiger partial charge in [-0.2, -0.15) is 0 Å². The number of hydrogen-bond donors (Lipinski definition) is 2.